The van der Waals surface area contributed by atoms with E-state index < -0.39 is 0 Å². The van der Waals surface area contributed by atoms with Crippen molar-refractivity contribution in [1.82, 2.24) is 9.78 Å². The molecule has 0 aliphatic heterocycles. The SMILES string of the molecule is Cc1cc(C(N)c2c(Br)cnn2C(C)C)sc1C. The molecule has 18 heavy (non-hydrogen) atoms. The Balaban J connectivity index is 2.45. The zero-order valence-corrected chi connectivity index (χ0v) is 13.5. The van der Waals surface area contributed by atoms with Crippen LogP contribution in [0.1, 0.15) is 46.9 Å². The summed E-state index contributed by atoms with van der Waals surface area (Å²) in [6.07, 6.45) is 1.82. The number of nitrogens with zero attached hydrogens (tertiary/aromatic N) is 2. The molecular weight excluding hydrogens is 310 g/mol. The molecule has 0 aliphatic rings. The molecule has 98 valence electrons. The summed E-state index contributed by atoms with van der Waals surface area (Å²) >= 11 is 5.31. The van der Waals surface area contributed by atoms with Crippen LogP contribution in [-0.2, 0) is 0 Å². The molecule has 1 atom stereocenters. The predicted octanol–water partition coefficient (Wildman–Crippen LogP) is 3.95. The maximum Gasteiger partial charge on any atom is 0.0828 e. The molecule has 0 amide bonds. The van der Waals surface area contributed by atoms with Gasteiger partial charge >= 0.3 is 0 Å². The summed E-state index contributed by atoms with van der Waals surface area (Å²) in [6.45, 7) is 8.48. The summed E-state index contributed by atoms with van der Waals surface area (Å²) in [6, 6.07) is 2.36. The second kappa shape index (κ2) is 5.15. The highest BCUT2D eigenvalue weighted by Crippen LogP contribution is 2.33. The third-order valence-electron chi connectivity index (χ3n) is 3.06. The molecule has 2 rings (SSSR count). The fraction of sp³-hybridized carbons (Fsp3) is 0.462. The van der Waals surface area contributed by atoms with Crippen LogP contribution in [0.4, 0.5) is 0 Å². The van der Waals surface area contributed by atoms with Crippen LogP contribution >= 0.6 is 27.3 Å². The highest BCUT2D eigenvalue weighted by Gasteiger charge is 2.21. The number of hydrogen-bond donors (Lipinski definition) is 1. The van der Waals surface area contributed by atoms with Crippen LogP contribution in [0.25, 0.3) is 0 Å². The van der Waals surface area contributed by atoms with E-state index in [0.717, 1.165) is 10.2 Å². The summed E-state index contributed by atoms with van der Waals surface area (Å²) in [5.74, 6) is 0. The Morgan fingerprint density at radius 3 is 2.56 bits per heavy atom. The predicted molar refractivity (Wildman–Crippen MR) is 80.1 cm³/mol. The Hall–Kier alpha value is -0.650. The van der Waals surface area contributed by atoms with E-state index >= 15 is 0 Å². The van der Waals surface area contributed by atoms with Gasteiger partial charge in [0.15, 0.2) is 0 Å². The Labute approximate surface area is 120 Å². The number of hydrogen-bond acceptors (Lipinski definition) is 3. The van der Waals surface area contributed by atoms with Crippen LogP contribution in [0, 0.1) is 13.8 Å². The molecule has 0 bridgehead atoms. The van der Waals surface area contributed by atoms with Crippen molar-refractivity contribution in [2.24, 2.45) is 5.73 Å². The molecule has 2 aromatic heterocycles. The molecule has 3 nitrogen and oxygen atoms in total. The van der Waals surface area contributed by atoms with Crippen molar-refractivity contribution >= 4 is 27.3 Å². The van der Waals surface area contributed by atoms with Gasteiger partial charge in [-0.25, -0.2) is 0 Å². The van der Waals surface area contributed by atoms with E-state index in [0.29, 0.717) is 6.04 Å². The van der Waals surface area contributed by atoms with Gasteiger partial charge in [0.25, 0.3) is 0 Å². The van der Waals surface area contributed by atoms with Gasteiger partial charge in [0.05, 0.1) is 22.4 Å². The number of nitrogens with two attached hydrogens (primary N) is 1. The van der Waals surface area contributed by atoms with Crippen LogP contribution < -0.4 is 5.73 Å². The quantitative estimate of drug-likeness (QED) is 0.927. The van der Waals surface area contributed by atoms with Gasteiger partial charge in [-0.05, 0) is 55.3 Å². The molecular formula is C13H18BrN3S. The third-order valence-corrected chi connectivity index (χ3v) is 4.91. The molecule has 0 fully saturated rings. The second-order valence-corrected chi connectivity index (χ2v) is 6.92. The molecule has 2 heterocycles. The lowest BCUT2D eigenvalue weighted by Gasteiger charge is -2.16. The van der Waals surface area contributed by atoms with Crippen molar-refractivity contribution in [3.63, 3.8) is 0 Å². The van der Waals surface area contributed by atoms with E-state index in [4.69, 9.17) is 5.73 Å². The molecule has 0 aromatic carbocycles. The Bertz CT molecular complexity index is 537. The Morgan fingerprint density at radius 2 is 2.06 bits per heavy atom. The molecule has 0 saturated heterocycles. The minimum Gasteiger partial charge on any atom is -0.318 e. The van der Waals surface area contributed by atoms with E-state index in [9.17, 15) is 0 Å². The normalized spacial score (nSPS) is 13.3. The summed E-state index contributed by atoms with van der Waals surface area (Å²) in [7, 11) is 0. The zero-order chi connectivity index (χ0) is 13.4. The monoisotopic (exact) mass is 327 g/mol. The Morgan fingerprint density at radius 1 is 1.39 bits per heavy atom. The molecule has 0 spiro atoms. The second-order valence-electron chi connectivity index (χ2n) is 4.78. The third kappa shape index (κ3) is 2.39. The summed E-state index contributed by atoms with van der Waals surface area (Å²) in [4.78, 5) is 2.51. The van der Waals surface area contributed by atoms with E-state index in [1.54, 1.807) is 11.3 Å². The van der Waals surface area contributed by atoms with Crippen molar-refractivity contribution in [3.8, 4) is 0 Å². The van der Waals surface area contributed by atoms with Crippen molar-refractivity contribution in [1.29, 1.82) is 0 Å². The first kappa shape index (κ1) is 13.8. The van der Waals surface area contributed by atoms with Gasteiger partial charge in [-0.2, -0.15) is 5.10 Å². The molecule has 2 aromatic rings. The largest absolute Gasteiger partial charge is 0.318 e. The van der Waals surface area contributed by atoms with Crippen LogP contribution in [0.2, 0.25) is 0 Å². The van der Waals surface area contributed by atoms with Gasteiger partial charge in [-0.3, -0.25) is 4.68 Å². The maximum absolute atomic E-state index is 6.40. The van der Waals surface area contributed by atoms with E-state index in [-0.39, 0.29) is 6.04 Å². The first-order valence-corrected chi connectivity index (χ1v) is 7.58. The fourth-order valence-electron chi connectivity index (χ4n) is 1.94. The van der Waals surface area contributed by atoms with Gasteiger partial charge in [0, 0.05) is 15.8 Å². The average Bonchev–Trinajstić information content (AvgIpc) is 2.83. The molecule has 0 radical (unpaired) electrons. The average molecular weight is 328 g/mol. The zero-order valence-electron chi connectivity index (χ0n) is 11.1. The van der Waals surface area contributed by atoms with E-state index in [1.807, 2.05) is 10.9 Å². The number of rotatable bonds is 3. The molecule has 0 saturated carbocycles. The highest BCUT2D eigenvalue weighted by molar-refractivity contribution is 9.10. The molecule has 2 N–H and O–H groups in total. The van der Waals surface area contributed by atoms with Gasteiger partial charge in [-0.1, -0.05) is 0 Å². The van der Waals surface area contributed by atoms with Crippen molar-refractivity contribution in [2.45, 2.75) is 39.8 Å². The molecule has 0 aliphatic carbocycles. The first-order valence-electron chi connectivity index (χ1n) is 5.97. The van der Waals surface area contributed by atoms with E-state index in [1.165, 1.54) is 15.3 Å². The number of aryl methyl sites for hydroxylation is 2. The lowest BCUT2D eigenvalue weighted by Crippen LogP contribution is -2.18. The van der Waals surface area contributed by atoms with Crippen LogP contribution in [0.3, 0.4) is 0 Å². The van der Waals surface area contributed by atoms with Gasteiger partial charge in [-0.15, -0.1) is 11.3 Å². The van der Waals surface area contributed by atoms with Crippen molar-refractivity contribution in [2.75, 3.05) is 0 Å². The lowest BCUT2D eigenvalue weighted by atomic mass is 10.1. The number of thiophene rings is 1. The summed E-state index contributed by atoms with van der Waals surface area (Å²) in [5, 5.41) is 4.39. The van der Waals surface area contributed by atoms with Gasteiger partial charge < -0.3 is 5.73 Å². The van der Waals surface area contributed by atoms with Crippen molar-refractivity contribution < 1.29 is 0 Å². The maximum atomic E-state index is 6.40. The Kier molecular flexibility index (Phi) is 3.94. The highest BCUT2D eigenvalue weighted by atomic mass is 79.9. The van der Waals surface area contributed by atoms with Gasteiger partial charge in [0.2, 0.25) is 0 Å². The smallest absolute Gasteiger partial charge is 0.0828 e. The van der Waals surface area contributed by atoms with Crippen molar-refractivity contribution in [3.05, 3.63) is 37.7 Å². The molecule has 5 heteroatoms. The standard InChI is InChI=1S/C13H18BrN3S/c1-7(2)17-13(10(14)6-16-17)12(15)11-5-8(3)9(4)18-11/h5-7,12H,15H2,1-4H3. The molecule has 1 unspecified atom stereocenters. The van der Waals surface area contributed by atoms with Crippen LogP contribution in [0.5, 0.6) is 0 Å². The van der Waals surface area contributed by atoms with Crippen LogP contribution in [0.15, 0.2) is 16.7 Å². The van der Waals surface area contributed by atoms with Gasteiger partial charge in [0.1, 0.15) is 0 Å². The summed E-state index contributed by atoms with van der Waals surface area (Å²) in [5.41, 5.74) is 8.75. The number of aromatic nitrogens is 2. The summed E-state index contributed by atoms with van der Waals surface area (Å²) < 4.78 is 2.96. The van der Waals surface area contributed by atoms with Crippen LogP contribution in [-0.4, -0.2) is 9.78 Å². The minimum absolute atomic E-state index is 0.123. The first-order chi connectivity index (χ1) is 8.41. The fourth-order valence-corrected chi connectivity index (χ4v) is 3.51. The lowest BCUT2D eigenvalue weighted by molar-refractivity contribution is 0.499. The topological polar surface area (TPSA) is 43.8 Å². The van der Waals surface area contributed by atoms with E-state index in [2.05, 4.69) is 54.8 Å². The minimum atomic E-state index is -0.123. The number of halogens is 1.